The molecule has 2 aromatic heterocycles. The summed E-state index contributed by atoms with van der Waals surface area (Å²) < 4.78 is 38.2. The smallest absolute Gasteiger partial charge is 0.285 e. The van der Waals surface area contributed by atoms with Gasteiger partial charge >= 0.3 is 12.1 Å². The molecule has 0 unspecified atom stereocenters. The van der Waals surface area contributed by atoms with Gasteiger partial charge in [-0.15, -0.1) is 5.10 Å². The van der Waals surface area contributed by atoms with E-state index >= 15 is 0 Å². The van der Waals surface area contributed by atoms with Crippen LogP contribution in [0, 0.1) is 0 Å². The summed E-state index contributed by atoms with van der Waals surface area (Å²) in [6, 6.07) is 7.07. The number of halogens is 3. The summed E-state index contributed by atoms with van der Waals surface area (Å²) in [5, 5.41) is 6.19. The Balaban J connectivity index is 2.16. The zero-order valence-corrected chi connectivity index (χ0v) is 11.3. The standard InChI is InChI=1S/C13H10F3N5O/c1-2-9-17-8-6-4-3-5-7(8)10-18-12(20-21(9)10)19-11(22)13(14,15)16/h3-6H,2H2,1H3,(H,19,20,22). The van der Waals surface area contributed by atoms with Gasteiger partial charge in [0.15, 0.2) is 5.65 Å². The van der Waals surface area contributed by atoms with Crippen LogP contribution in [0.1, 0.15) is 12.7 Å². The van der Waals surface area contributed by atoms with Crippen molar-refractivity contribution in [3.05, 3.63) is 30.1 Å². The normalized spacial score (nSPS) is 12.0. The molecule has 0 aliphatic carbocycles. The van der Waals surface area contributed by atoms with Gasteiger partial charge in [-0.05, 0) is 12.1 Å². The maximum Gasteiger partial charge on any atom is 0.471 e. The molecule has 114 valence electrons. The molecule has 0 atom stereocenters. The lowest BCUT2D eigenvalue weighted by Gasteiger charge is -2.03. The maximum absolute atomic E-state index is 12.3. The number of alkyl halides is 3. The number of fused-ring (bicyclic) bond motifs is 3. The number of aryl methyl sites for hydroxylation is 1. The first-order valence-corrected chi connectivity index (χ1v) is 6.42. The predicted octanol–water partition coefficient (Wildman–Crippen LogP) is 2.34. The quantitative estimate of drug-likeness (QED) is 0.788. The number of rotatable bonds is 2. The number of aromatic nitrogens is 4. The van der Waals surface area contributed by atoms with Crippen LogP contribution in [0.5, 0.6) is 0 Å². The van der Waals surface area contributed by atoms with Crippen LogP contribution in [0.2, 0.25) is 0 Å². The van der Waals surface area contributed by atoms with E-state index in [9.17, 15) is 18.0 Å². The second-order valence-electron chi connectivity index (χ2n) is 4.52. The number of carbonyl (C=O) groups is 1. The summed E-state index contributed by atoms with van der Waals surface area (Å²) >= 11 is 0. The Kier molecular flexibility index (Phi) is 3.19. The van der Waals surface area contributed by atoms with Gasteiger partial charge in [0.1, 0.15) is 5.82 Å². The van der Waals surface area contributed by atoms with Crippen LogP contribution in [-0.2, 0) is 11.2 Å². The van der Waals surface area contributed by atoms with E-state index in [0.717, 1.165) is 0 Å². The van der Waals surface area contributed by atoms with Crippen molar-refractivity contribution >= 4 is 28.4 Å². The van der Waals surface area contributed by atoms with Crippen LogP contribution in [0.3, 0.4) is 0 Å². The van der Waals surface area contributed by atoms with Crippen LogP contribution in [-0.4, -0.2) is 31.7 Å². The zero-order valence-electron chi connectivity index (χ0n) is 11.3. The highest BCUT2D eigenvalue weighted by atomic mass is 19.4. The Hall–Kier alpha value is -2.71. The van der Waals surface area contributed by atoms with Crippen molar-refractivity contribution in [2.45, 2.75) is 19.5 Å². The summed E-state index contributed by atoms with van der Waals surface area (Å²) in [6.45, 7) is 1.84. The Morgan fingerprint density at radius 2 is 2.00 bits per heavy atom. The molecule has 1 aromatic carbocycles. The number of para-hydroxylation sites is 1. The van der Waals surface area contributed by atoms with Gasteiger partial charge in [0.25, 0.3) is 0 Å². The van der Waals surface area contributed by atoms with E-state index in [-0.39, 0.29) is 0 Å². The SMILES string of the molecule is CCc1nc2ccccc2c2nc(NC(=O)C(F)(F)F)nn12. The lowest BCUT2D eigenvalue weighted by atomic mass is 10.2. The van der Waals surface area contributed by atoms with Crippen molar-refractivity contribution in [2.24, 2.45) is 0 Å². The summed E-state index contributed by atoms with van der Waals surface area (Å²) in [6.07, 6.45) is -4.48. The van der Waals surface area contributed by atoms with E-state index in [1.54, 1.807) is 29.6 Å². The van der Waals surface area contributed by atoms with Gasteiger partial charge < -0.3 is 0 Å². The van der Waals surface area contributed by atoms with Crippen LogP contribution in [0.15, 0.2) is 24.3 Å². The minimum Gasteiger partial charge on any atom is -0.285 e. The maximum atomic E-state index is 12.3. The first-order valence-electron chi connectivity index (χ1n) is 6.42. The minimum absolute atomic E-state index is 0.347. The zero-order chi connectivity index (χ0) is 15.9. The Labute approximate surface area is 122 Å². The van der Waals surface area contributed by atoms with Crippen molar-refractivity contribution < 1.29 is 18.0 Å². The van der Waals surface area contributed by atoms with Gasteiger partial charge in [-0.25, -0.2) is 4.98 Å². The molecule has 2 heterocycles. The first-order chi connectivity index (χ1) is 10.4. The Morgan fingerprint density at radius 3 is 2.68 bits per heavy atom. The highest BCUT2D eigenvalue weighted by Gasteiger charge is 2.39. The lowest BCUT2D eigenvalue weighted by Crippen LogP contribution is -2.30. The number of nitrogens with one attached hydrogen (secondary N) is 1. The molecule has 9 heteroatoms. The van der Waals surface area contributed by atoms with Crippen molar-refractivity contribution in [3.63, 3.8) is 0 Å². The topological polar surface area (TPSA) is 72.2 Å². The third kappa shape index (κ3) is 2.34. The molecular weight excluding hydrogens is 299 g/mol. The molecule has 1 amide bonds. The molecule has 0 aliphatic rings. The van der Waals surface area contributed by atoms with Crippen LogP contribution in [0.4, 0.5) is 19.1 Å². The molecule has 3 aromatic rings. The average molecular weight is 309 g/mol. The fraction of sp³-hybridized carbons (Fsp3) is 0.231. The van der Waals surface area contributed by atoms with Crippen molar-refractivity contribution in [1.29, 1.82) is 0 Å². The Morgan fingerprint density at radius 1 is 1.27 bits per heavy atom. The van der Waals surface area contributed by atoms with E-state index in [2.05, 4.69) is 15.1 Å². The molecule has 0 spiro atoms. The lowest BCUT2D eigenvalue weighted by molar-refractivity contribution is -0.167. The monoisotopic (exact) mass is 309 g/mol. The number of carbonyl (C=O) groups excluding carboxylic acids is 1. The van der Waals surface area contributed by atoms with Crippen molar-refractivity contribution in [3.8, 4) is 0 Å². The molecule has 22 heavy (non-hydrogen) atoms. The van der Waals surface area contributed by atoms with Gasteiger partial charge in [-0.1, -0.05) is 19.1 Å². The predicted molar refractivity (Wildman–Crippen MR) is 72.4 cm³/mol. The third-order valence-corrected chi connectivity index (χ3v) is 3.05. The highest BCUT2D eigenvalue weighted by Crippen LogP contribution is 2.21. The minimum atomic E-state index is -4.99. The van der Waals surface area contributed by atoms with Gasteiger partial charge in [-0.3, -0.25) is 10.1 Å². The highest BCUT2D eigenvalue weighted by molar-refractivity contribution is 5.95. The van der Waals surface area contributed by atoms with E-state index in [1.807, 2.05) is 6.92 Å². The number of hydrogen-bond acceptors (Lipinski definition) is 4. The van der Waals surface area contributed by atoms with Crippen molar-refractivity contribution in [2.75, 3.05) is 5.32 Å². The van der Waals surface area contributed by atoms with Crippen LogP contribution in [0.25, 0.3) is 16.6 Å². The molecule has 3 rings (SSSR count). The number of hydrogen-bond donors (Lipinski definition) is 1. The molecule has 1 N–H and O–H groups in total. The molecule has 0 saturated heterocycles. The molecule has 0 radical (unpaired) electrons. The largest absolute Gasteiger partial charge is 0.471 e. The van der Waals surface area contributed by atoms with E-state index in [4.69, 9.17) is 0 Å². The summed E-state index contributed by atoms with van der Waals surface area (Å²) in [7, 11) is 0. The van der Waals surface area contributed by atoms with E-state index in [0.29, 0.717) is 28.8 Å². The molecule has 0 fully saturated rings. The third-order valence-electron chi connectivity index (χ3n) is 3.05. The summed E-state index contributed by atoms with van der Waals surface area (Å²) in [4.78, 5) is 19.4. The van der Waals surface area contributed by atoms with Crippen molar-refractivity contribution in [1.82, 2.24) is 19.6 Å². The second-order valence-corrected chi connectivity index (χ2v) is 4.52. The molecule has 0 aliphatic heterocycles. The summed E-state index contributed by atoms with van der Waals surface area (Å²) in [5.41, 5.74) is 1.01. The van der Waals surface area contributed by atoms with E-state index in [1.165, 1.54) is 4.52 Å². The molecule has 6 nitrogen and oxygen atoms in total. The van der Waals surface area contributed by atoms with Gasteiger partial charge in [0, 0.05) is 11.8 Å². The second kappa shape index (κ2) is 4.93. The molecular formula is C13H10F3N5O. The van der Waals surface area contributed by atoms with Crippen LogP contribution < -0.4 is 5.32 Å². The van der Waals surface area contributed by atoms with E-state index < -0.39 is 18.0 Å². The van der Waals surface area contributed by atoms with Crippen LogP contribution >= 0.6 is 0 Å². The fourth-order valence-electron chi connectivity index (χ4n) is 2.07. The van der Waals surface area contributed by atoms with Gasteiger partial charge in [0.2, 0.25) is 5.95 Å². The summed E-state index contributed by atoms with van der Waals surface area (Å²) in [5.74, 6) is -1.98. The average Bonchev–Trinajstić information content (AvgIpc) is 2.89. The first kappa shape index (κ1) is 14.2. The van der Waals surface area contributed by atoms with Gasteiger partial charge in [-0.2, -0.15) is 22.7 Å². The fourth-order valence-corrected chi connectivity index (χ4v) is 2.07. The molecule has 0 saturated carbocycles. The number of nitrogens with zero attached hydrogens (tertiary/aromatic N) is 4. The number of amides is 1. The molecule has 0 bridgehead atoms. The number of benzene rings is 1. The van der Waals surface area contributed by atoms with Gasteiger partial charge in [0.05, 0.1) is 5.52 Å². The Bertz CT molecular complexity index is 871. The number of anilines is 1.